The molecule has 450 valence electrons. The summed E-state index contributed by atoms with van der Waals surface area (Å²) in [6, 6.07) is 24.3. The number of amides is 2. The second-order valence-corrected chi connectivity index (χ2v) is 21.3. The minimum Gasteiger partial charge on any atom is -0.478 e. The molecule has 6 aliphatic heterocycles. The highest BCUT2D eigenvalue weighted by atomic mass is 16.5. The fourth-order valence-corrected chi connectivity index (χ4v) is 8.88. The number of hydrogen-bond donors (Lipinski definition) is 0. The Kier molecular flexibility index (Phi) is 39.0. The van der Waals surface area contributed by atoms with Gasteiger partial charge in [-0.1, -0.05) is 66.9 Å². The summed E-state index contributed by atoms with van der Waals surface area (Å²) in [7, 11) is 13.2. The number of likely N-dealkylation sites (N-methyl/N-ethyl adjacent to an activating group) is 2. The highest BCUT2D eigenvalue weighted by molar-refractivity contribution is 5.94. The summed E-state index contributed by atoms with van der Waals surface area (Å²) >= 11 is 0. The summed E-state index contributed by atoms with van der Waals surface area (Å²) in [4.78, 5) is 42.5. The molecule has 0 saturated carbocycles. The van der Waals surface area contributed by atoms with Crippen molar-refractivity contribution in [2.75, 3.05) is 201 Å². The molecule has 2 amide bonds. The maximum Gasteiger partial charge on any atom is 0.253 e. The van der Waals surface area contributed by atoms with Crippen LogP contribution in [0.3, 0.4) is 0 Å². The van der Waals surface area contributed by atoms with E-state index in [1.54, 1.807) is 28.3 Å². The molecule has 17 heteroatoms. The number of likely N-dealkylation sites (tertiary alicyclic amines) is 3. The van der Waals surface area contributed by atoms with Crippen molar-refractivity contribution in [1.82, 2.24) is 44.1 Å². The van der Waals surface area contributed by atoms with Crippen molar-refractivity contribution < 1.29 is 38.0 Å². The van der Waals surface area contributed by atoms with Gasteiger partial charge >= 0.3 is 0 Å². The van der Waals surface area contributed by atoms with Crippen LogP contribution in [0.1, 0.15) is 86.3 Å². The Hall–Kier alpha value is -4.24. The van der Waals surface area contributed by atoms with Crippen molar-refractivity contribution in [1.29, 1.82) is 0 Å². The molecule has 3 aromatic rings. The molecule has 0 unspecified atom stereocenters. The zero-order chi connectivity index (χ0) is 56.8. The number of rotatable bonds is 13. The smallest absolute Gasteiger partial charge is 0.253 e. The van der Waals surface area contributed by atoms with E-state index < -0.39 is 0 Å². The van der Waals surface area contributed by atoms with Gasteiger partial charge in [0.15, 0.2) is 0 Å². The molecule has 0 spiro atoms. The predicted octanol–water partition coefficient (Wildman–Crippen LogP) is 7.80. The molecular weight excluding hydrogens is 999 g/mol. The first-order valence-corrected chi connectivity index (χ1v) is 28.7. The van der Waals surface area contributed by atoms with Crippen LogP contribution in [0, 0.1) is 20.8 Å². The van der Waals surface area contributed by atoms with E-state index in [2.05, 4.69) is 81.6 Å². The third-order valence-electron chi connectivity index (χ3n) is 13.9. The molecule has 0 aliphatic carbocycles. The molecule has 79 heavy (non-hydrogen) atoms. The van der Waals surface area contributed by atoms with Gasteiger partial charge in [0.25, 0.3) is 5.91 Å². The number of morpholine rings is 1. The van der Waals surface area contributed by atoms with E-state index in [-0.39, 0.29) is 19.2 Å². The Balaban J connectivity index is 0.000000321. The van der Waals surface area contributed by atoms with Crippen molar-refractivity contribution in [2.24, 2.45) is 0 Å². The third-order valence-corrected chi connectivity index (χ3v) is 13.9. The molecule has 0 atom stereocenters. The maximum atomic E-state index is 12.1. The van der Waals surface area contributed by atoms with Gasteiger partial charge in [-0.05, 0) is 124 Å². The number of benzene rings is 3. The van der Waals surface area contributed by atoms with Crippen LogP contribution >= 0.6 is 0 Å². The average molecular weight is 1110 g/mol. The van der Waals surface area contributed by atoms with Crippen molar-refractivity contribution in [3.05, 3.63) is 95.1 Å². The lowest BCUT2D eigenvalue weighted by atomic mass is 10.1. The Morgan fingerprint density at radius 2 is 0.797 bits per heavy atom. The Morgan fingerprint density at radius 3 is 1.14 bits per heavy atom. The van der Waals surface area contributed by atoms with E-state index in [1.807, 2.05) is 84.2 Å². The van der Waals surface area contributed by atoms with Gasteiger partial charge in [0, 0.05) is 139 Å². The van der Waals surface area contributed by atoms with Gasteiger partial charge in [0.1, 0.15) is 25.0 Å². The van der Waals surface area contributed by atoms with Crippen molar-refractivity contribution in [3.63, 3.8) is 0 Å². The molecule has 0 radical (unpaired) electrons. The number of aryl methyl sites for hydroxylation is 3. The van der Waals surface area contributed by atoms with E-state index in [4.69, 9.17) is 28.4 Å². The molecule has 0 bridgehead atoms. The standard InChI is InChI=1S/C13H18N2O.C13H19NO.C12H17NO.C7H14N2O.C6H13NO2.C6H13NO.C4H11NO.CH4/c1-11-3-5-12(6-4-11)13(16)15-9-7-14(2)8-10-15;1-12-5-7-13(8-6-12)15-11-14-9-3-2-4-10-14;1-11-4-6-12(7-5-11)14-10-13-8-2-3-9-13;1-7(10)9-5-3-8(2)4-6-9;1-8-6-7-2-4-9-5-3-7;1-8-6-7-4-2-3-5-7;1-5(2)4-6-3;/h3-6H,7-10H2,1-2H3;5-8H,2-4,9-11H2,1H3;4-7H,2-3,8-10H2,1H3;3-6H2,1-2H3;2-6H2,1H3;2-6H2,1H3;4H2,1-3H3;1H4. The van der Waals surface area contributed by atoms with Gasteiger partial charge < -0.3 is 48.0 Å². The lowest BCUT2D eigenvalue weighted by Crippen LogP contribution is -2.47. The summed E-state index contributed by atoms with van der Waals surface area (Å²) in [5.41, 5.74) is 4.55. The van der Waals surface area contributed by atoms with Crippen molar-refractivity contribution >= 4 is 11.8 Å². The number of nitrogens with zero attached hydrogens (tertiary/aromatic N) is 9. The highest BCUT2D eigenvalue weighted by Crippen LogP contribution is 2.16. The van der Waals surface area contributed by atoms with E-state index in [0.717, 1.165) is 123 Å². The quantitative estimate of drug-likeness (QED) is 0.155. The van der Waals surface area contributed by atoms with Crippen LogP contribution in [0.15, 0.2) is 72.8 Å². The van der Waals surface area contributed by atoms with Crippen LogP contribution in [-0.4, -0.2) is 257 Å². The van der Waals surface area contributed by atoms with Crippen LogP contribution in [0.5, 0.6) is 11.5 Å². The molecule has 6 heterocycles. The summed E-state index contributed by atoms with van der Waals surface area (Å²) in [6.45, 7) is 29.9. The van der Waals surface area contributed by atoms with Crippen LogP contribution < -0.4 is 9.47 Å². The molecule has 17 nitrogen and oxygen atoms in total. The number of hydrogen-bond acceptors (Lipinski definition) is 15. The summed E-state index contributed by atoms with van der Waals surface area (Å²) < 4.78 is 31.2. The highest BCUT2D eigenvalue weighted by Gasteiger charge is 2.20. The van der Waals surface area contributed by atoms with Crippen molar-refractivity contribution in [2.45, 2.75) is 80.1 Å². The minimum absolute atomic E-state index is 0. The fraction of sp³-hybridized carbons (Fsp3) is 0.677. The monoisotopic (exact) mass is 1110 g/mol. The van der Waals surface area contributed by atoms with Crippen LogP contribution in [0.2, 0.25) is 0 Å². The van der Waals surface area contributed by atoms with E-state index in [1.165, 1.54) is 101 Å². The maximum absolute atomic E-state index is 12.1. The van der Waals surface area contributed by atoms with Crippen molar-refractivity contribution in [3.8, 4) is 11.5 Å². The first kappa shape index (κ1) is 70.9. The lowest BCUT2D eigenvalue weighted by molar-refractivity contribution is -0.130. The normalized spacial score (nSPS) is 18.2. The first-order chi connectivity index (χ1) is 37.7. The van der Waals surface area contributed by atoms with Gasteiger partial charge in [-0.25, -0.2) is 0 Å². The van der Waals surface area contributed by atoms with E-state index in [9.17, 15) is 9.59 Å². The second kappa shape index (κ2) is 43.5. The number of carbonyl (C=O) groups is 2. The summed E-state index contributed by atoms with van der Waals surface area (Å²) in [6.07, 6.45) is 9.34. The van der Waals surface area contributed by atoms with Gasteiger partial charge in [-0.2, -0.15) is 0 Å². The third kappa shape index (κ3) is 33.3. The summed E-state index contributed by atoms with van der Waals surface area (Å²) in [5.74, 6) is 2.31. The van der Waals surface area contributed by atoms with Gasteiger partial charge in [-0.3, -0.25) is 34.1 Å². The SMILES string of the molecule is C.CC(=O)N1CCN(C)CC1.COCN(C)C.COCN1CCCC1.COCN1CCOCC1.Cc1ccc(C(=O)N2CCN(C)CC2)cc1.Cc1ccc(OCN2CCCC2)cc1.Cc1ccc(OCN2CCCCC2)cc1. The van der Waals surface area contributed by atoms with Gasteiger partial charge in [0.2, 0.25) is 5.91 Å². The minimum atomic E-state index is 0. The number of methoxy groups -OCH3 is 3. The number of piperazine rings is 2. The molecule has 6 aliphatic rings. The van der Waals surface area contributed by atoms with Gasteiger partial charge in [0.05, 0.1) is 33.4 Å². The zero-order valence-corrected chi connectivity index (χ0v) is 50.4. The number of carbonyl (C=O) groups excluding carboxylic acids is 2. The number of piperidine rings is 1. The van der Waals surface area contributed by atoms with E-state index >= 15 is 0 Å². The molecule has 0 N–H and O–H groups in total. The topological polar surface area (TPSA) is 119 Å². The zero-order valence-electron chi connectivity index (χ0n) is 50.4. The predicted molar refractivity (Wildman–Crippen MR) is 323 cm³/mol. The van der Waals surface area contributed by atoms with Gasteiger partial charge in [-0.15, -0.1) is 0 Å². The molecule has 6 saturated heterocycles. The fourth-order valence-electron chi connectivity index (χ4n) is 8.88. The Morgan fingerprint density at radius 1 is 0.456 bits per heavy atom. The molecule has 3 aromatic carbocycles. The first-order valence-electron chi connectivity index (χ1n) is 28.7. The largest absolute Gasteiger partial charge is 0.478 e. The number of ether oxygens (including phenoxy) is 6. The average Bonchev–Trinajstić information content (AvgIpc) is 4.19. The molecule has 9 rings (SSSR count). The molecule has 6 fully saturated rings. The van der Waals surface area contributed by atoms with Crippen LogP contribution in [0.4, 0.5) is 0 Å². The lowest BCUT2D eigenvalue weighted by Gasteiger charge is -2.32. The van der Waals surface area contributed by atoms with Crippen LogP contribution in [0.25, 0.3) is 0 Å². The molecule has 0 aromatic heterocycles. The van der Waals surface area contributed by atoms with E-state index in [0.29, 0.717) is 6.73 Å². The summed E-state index contributed by atoms with van der Waals surface area (Å²) in [5, 5.41) is 0. The Labute approximate surface area is 479 Å². The Bertz CT molecular complexity index is 1920. The van der Waals surface area contributed by atoms with Crippen LogP contribution in [-0.2, 0) is 23.7 Å². The second-order valence-electron chi connectivity index (χ2n) is 21.3. The molecular formula is C62H109N9O8.